The van der Waals surface area contributed by atoms with Gasteiger partial charge < -0.3 is 10.1 Å². The van der Waals surface area contributed by atoms with Gasteiger partial charge in [0.1, 0.15) is 5.75 Å². The van der Waals surface area contributed by atoms with Crippen molar-refractivity contribution in [2.45, 2.75) is 25.3 Å². The van der Waals surface area contributed by atoms with Gasteiger partial charge in [-0.1, -0.05) is 42.3 Å². The van der Waals surface area contributed by atoms with Gasteiger partial charge in [0.15, 0.2) is 0 Å². The fourth-order valence-electron chi connectivity index (χ4n) is 2.45. The van der Waals surface area contributed by atoms with E-state index in [1.807, 2.05) is 6.92 Å². The highest BCUT2D eigenvalue weighted by Crippen LogP contribution is 2.28. The molecule has 1 N–H and O–H groups in total. The number of amides is 1. The van der Waals surface area contributed by atoms with Gasteiger partial charge in [0, 0.05) is 18.1 Å². The summed E-state index contributed by atoms with van der Waals surface area (Å²) in [5.41, 5.74) is 0.863. The van der Waals surface area contributed by atoms with Crippen LogP contribution in [0.25, 0.3) is 0 Å². The van der Waals surface area contributed by atoms with Crippen molar-refractivity contribution in [1.29, 1.82) is 0 Å². The summed E-state index contributed by atoms with van der Waals surface area (Å²) in [5, 5.41) is 3.51. The molecule has 28 heavy (non-hydrogen) atoms. The number of sulfonamides is 1. The van der Waals surface area contributed by atoms with E-state index in [9.17, 15) is 13.2 Å². The van der Waals surface area contributed by atoms with Gasteiger partial charge in [0.2, 0.25) is 15.9 Å². The van der Waals surface area contributed by atoms with Crippen molar-refractivity contribution in [1.82, 2.24) is 9.62 Å². The third kappa shape index (κ3) is 5.85. The summed E-state index contributed by atoms with van der Waals surface area (Å²) in [7, 11) is -3.87. The second-order valence-corrected chi connectivity index (χ2v) is 8.64. The van der Waals surface area contributed by atoms with Crippen LogP contribution in [0.2, 0.25) is 10.0 Å². The summed E-state index contributed by atoms with van der Waals surface area (Å²) in [6, 6.07) is 11.3. The number of benzene rings is 2. The zero-order valence-corrected chi connectivity index (χ0v) is 17.9. The topological polar surface area (TPSA) is 75.7 Å². The fraction of sp³-hybridized carbons (Fsp3) is 0.316. The summed E-state index contributed by atoms with van der Waals surface area (Å²) in [6.07, 6.45) is 0. The molecule has 9 heteroatoms. The van der Waals surface area contributed by atoms with Gasteiger partial charge in [-0.3, -0.25) is 4.79 Å². The molecule has 0 bridgehead atoms. The Labute approximate surface area is 175 Å². The molecule has 0 fully saturated rings. The van der Waals surface area contributed by atoms with Gasteiger partial charge in [-0.15, -0.1) is 0 Å². The van der Waals surface area contributed by atoms with Gasteiger partial charge >= 0.3 is 0 Å². The highest BCUT2D eigenvalue weighted by atomic mass is 35.5. The maximum atomic E-state index is 12.9. The molecule has 0 atom stereocenters. The molecule has 0 saturated heterocycles. The Hall–Kier alpha value is -1.80. The average Bonchev–Trinajstić information content (AvgIpc) is 2.67. The van der Waals surface area contributed by atoms with Crippen LogP contribution in [-0.2, 0) is 21.4 Å². The molecule has 2 aromatic carbocycles. The summed E-state index contributed by atoms with van der Waals surface area (Å²) >= 11 is 11.9. The lowest BCUT2D eigenvalue weighted by atomic mass is 10.2. The smallest absolute Gasteiger partial charge is 0.243 e. The molecule has 152 valence electrons. The maximum absolute atomic E-state index is 12.9. The second-order valence-electron chi connectivity index (χ2n) is 5.86. The van der Waals surface area contributed by atoms with Crippen LogP contribution in [0.5, 0.6) is 5.75 Å². The van der Waals surface area contributed by atoms with E-state index in [1.54, 1.807) is 31.2 Å². The van der Waals surface area contributed by atoms with E-state index in [4.69, 9.17) is 27.9 Å². The third-order valence-corrected chi connectivity index (χ3v) is 6.38. The molecule has 0 saturated carbocycles. The van der Waals surface area contributed by atoms with Crippen molar-refractivity contribution in [2.24, 2.45) is 0 Å². The number of ether oxygens (including phenoxy) is 1. The van der Waals surface area contributed by atoms with Crippen molar-refractivity contribution in [3.8, 4) is 5.75 Å². The van der Waals surface area contributed by atoms with E-state index >= 15 is 0 Å². The molecule has 0 aliphatic rings. The molecule has 0 radical (unpaired) electrons. The van der Waals surface area contributed by atoms with Gasteiger partial charge in [0.25, 0.3) is 0 Å². The maximum Gasteiger partial charge on any atom is 0.243 e. The normalized spacial score (nSPS) is 11.5. The van der Waals surface area contributed by atoms with Crippen LogP contribution in [0.15, 0.2) is 47.4 Å². The second kappa shape index (κ2) is 10.1. The van der Waals surface area contributed by atoms with Crippen LogP contribution in [0.3, 0.4) is 0 Å². The van der Waals surface area contributed by atoms with Crippen molar-refractivity contribution in [2.75, 3.05) is 19.7 Å². The van der Waals surface area contributed by atoms with E-state index in [0.717, 1.165) is 9.87 Å². The predicted octanol–water partition coefficient (Wildman–Crippen LogP) is 3.72. The monoisotopic (exact) mass is 444 g/mol. The number of halogens is 2. The number of hydrogen-bond acceptors (Lipinski definition) is 4. The summed E-state index contributed by atoms with van der Waals surface area (Å²) in [6.45, 7) is 4.02. The molecular weight excluding hydrogens is 423 g/mol. The third-order valence-electron chi connectivity index (χ3n) is 3.92. The molecule has 1 amide bonds. The van der Waals surface area contributed by atoms with Crippen molar-refractivity contribution in [3.63, 3.8) is 0 Å². The Morgan fingerprint density at radius 1 is 1.11 bits per heavy atom. The van der Waals surface area contributed by atoms with E-state index < -0.39 is 15.9 Å². The zero-order valence-electron chi connectivity index (χ0n) is 15.6. The first kappa shape index (κ1) is 22.5. The number of carbonyl (C=O) groups excluding carboxylic acids is 1. The Bertz CT molecular complexity index is 918. The first-order valence-electron chi connectivity index (χ1n) is 8.71. The van der Waals surface area contributed by atoms with Crippen LogP contribution in [0, 0.1) is 0 Å². The molecule has 6 nitrogen and oxygen atoms in total. The molecule has 0 aliphatic heterocycles. The number of rotatable bonds is 9. The van der Waals surface area contributed by atoms with Crippen molar-refractivity contribution >= 4 is 39.1 Å². The highest BCUT2D eigenvalue weighted by Gasteiger charge is 2.26. The molecule has 0 aromatic heterocycles. The Balaban J connectivity index is 2.06. The standard InChI is InChI=1S/C19H22Cl2N2O4S/c1-3-23(13-19(24)22-12-14-5-7-15(20)8-6-14)28(25,26)16-9-10-18(27-4-2)17(21)11-16/h5-11H,3-4,12-13H2,1-2H3,(H,22,24). The van der Waals surface area contributed by atoms with E-state index in [0.29, 0.717) is 17.4 Å². The summed E-state index contributed by atoms with van der Waals surface area (Å²) < 4.78 is 32.1. The van der Waals surface area contributed by atoms with Crippen LogP contribution in [0.1, 0.15) is 19.4 Å². The minimum atomic E-state index is -3.87. The molecular formula is C19H22Cl2N2O4S. The lowest BCUT2D eigenvalue weighted by molar-refractivity contribution is -0.121. The average molecular weight is 445 g/mol. The lowest BCUT2D eigenvalue weighted by Gasteiger charge is -2.20. The van der Waals surface area contributed by atoms with Gasteiger partial charge in [-0.25, -0.2) is 8.42 Å². The van der Waals surface area contributed by atoms with Gasteiger partial charge in [0.05, 0.1) is 23.1 Å². The van der Waals surface area contributed by atoms with Crippen LogP contribution >= 0.6 is 23.2 Å². The van der Waals surface area contributed by atoms with E-state index in [1.165, 1.54) is 18.2 Å². The van der Waals surface area contributed by atoms with Gasteiger partial charge in [-0.2, -0.15) is 4.31 Å². The van der Waals surface area contributed by atoms with Crippen molar-refractivity contribution in [3.05, 3.63) is 58.1 Å². The quantitative estimate of drug-likeness (QED) is 0.639. The largest absolute Gasteiger partial charge is 0.492 e. The minimum Gasteiger partial charge on any atom is -0.492 e. The van der Waals surface area contributed by atoms with Crippen LogP contribution in [0.4, 0.5) is 0 Å². The Kier molecular flexibility index (Phi) is 8.12. The molecule has 2 aromatic rings. The zero-order chi connectivity index (χ0) is 20.7. The van der Waals surface area contributed by atoms with E-state index in [-0.39, 0.29) is 29.6 Å². The Morgan fingerprint density at radius 3 is 2.36 bits per heavy atom. The van der Waals surface area contributed by atoms with E-state index in [2.05, 4.69) is 5.32 Å². The molecule has 0 heterocycles. The number of nitrogens with one attached hydrogen (secondary N) is 1. The minimum absolute atomic E-state index is 0.00769. The summed E-state index contributed by atoms with van der Waals surface area (Å²) in [5.74, 6) is 0.00396. The molecule has 0 spiro atoms. The molecule has 0 aliphatic carbocycles. The highest BCUT2D eigenvalue weighted by molar-refractivity contribution is 7.89. The molecule has 2 rings (SSSR count). The van der Waals surface area contributed by atoms with Crippen LogP contribution < -0.4 is 10.1 Å². The fourth-order valence-corrected chi connectivity index (χ4v) is 4.31. The predicted molar refractivity (Wildman–Crippen MR) is 110 cm³/mol. The summed E-state index contributed by atoms with van der Waals surface area (Å²) in [4.78, 5) is 12.3. The first-order chi connectivity index (χ1) is 13.3. The number of likely N-dealkylation sites (N-methyl/N-ethyl adjacent to an activating group) is 1. The van der Waals surface area contributed by atoms with Crippen LogP contribution in [-0.4, -0.2) is 38.3 Å². The van der Waals surface area contributed by atoms with Gasteiger partial charge in [-0.05, 0) is 42.8 Å². The number of hydrogen-bond donors (Lipinski definition) is 1. The molecule has 0 unspecified atom stereocenters. The van der Waals surface area contributed by atoms with Crippen molar-refractivity contribution < 1.29 is 17.9 Å². The SMILES string of the molecule is CCOc1ccc(S(=O)(=O)N(CC)CC(=O)NCc2ccc(Cl)cc2)cc1Cl. The first-order valence-corrected chi connectivity index (χ1v) is 10.9. The Morgan fingerprint density at radius 2 is 1.79 bits per heavy atom. The number of nitrogens with zero attached hydrogens (tertiary/aromatic N) is 1. The lowest BCUT2D eigenvalue weighted by Crippen LogP contribution is -2.40. The number of carbonyl (C=O) groups is 1.